The van der Waals surface area contributed by atoms with Crippen LogP contribution in [0.3, 0.4) is 0 Å². The van der Waals surface area contributed by atoms with Gasteiger partial charge in [-0.3, -0.25) is 4.79 Å². The van der Waals surface area contributed by atoms with Gasteiger partial charge in [0.05, 0.1) is 18.0 Å². The van der Waals surface area contributed by atoms with Gasteiger partial charge in [0, 0.05) is 37.9 Å². The van der Waals surface area contributed by atoms with Gasteiger partial charge >= 0.3 is 0 Å². The van der Waals surface area contributed by atoms with E-state index in [0.29, 0.717) is 18.8 Å². The maximum Gasteiger partial charge on any atom is 0.248 e. The smallest absolute Gasteiger partial charge is 0.248 e. The molecule has 1 aliphatic heterocycles. The molecule has 2 aliphatic rings. The molecule has 31 heavy (non-hydrogen) atoms. The fraction of sp³-hybridized carbons (Fsp3) is 0.458. The number of nitrogens with zero attached hydrogens (tertiary/aromatic N) is 1. The SMILES string of the molecule is Cc1cc2c(c(C)c1NC(=O)CC1CC(F)(F)C1)OCCCN2Cc1ccc(F)cc1. The lowest BCUT2D eigenvalue weighted by Crippen LogP contribution is -2.37. The van der Waals surface area contributed by atoms with Gasteiger partial charge in [-0.25, -0.2) is 13.2 Å². The van der Waals surface area contributed by atoms with Crippen LogP contribution < -0.4 is 15.0 Å². The van der Waals surface area contributed by atoms with Crippen LogP contribution in [0.15, 0.2) is 30.3 Å². The van der Waals surface area contributed by atoms with E-state index in [1.807, 2.05) is 19.9 Å². The molecule has 1 aliphatic carbocycles. The molecule has 0 bridgehead atoms. The summed E-state index contributed by atoms with van der Waals surface area (Å²) >= 11 is 0. The number of alkyl halides is 2. The van der Waals surface area contributed by atoms with Crippen molar-refractivity contribution in [1.29, 1.82) is 0 Å². The first-order valence-corrected chi connectivity index (χ1v) is 10.7. The van der Waals surface area contributed by atoms with Crippen LogP contribution in [0.2, 0.25) is 0 Å². The van der Waals surface area contributed by atoms with Crippen molar-refractivity contribution in [3.8, 4) is 5.75 Å². The Kier molecular flexibility index (Phi) is 5.86. The van der Waals surface area contributed by atoms with E-state index in [2.05, 4.69) is 10.2 Å². The van der Waals surface area contributed by atoms with Gasteiger partial charge in [0.1, 0.15) is 11.6 Å². The Morgan fingerprint density at radius 1 is 1.23 bits per heavy atom. The average Bonchev–Trinajstić information content (AvgIpc) is 2.88. The molecule has 7 heteroatoms. The van der Waals surface area contributed by atoms with E-state index in [0.717, 1.165) is 41.1 Å². The summed E-state index contributed by atoms with van der Waals surface area (Å²) in [6, 6.07) is 8.46. The highest BCUT2D eigenvalue weighted by Gasteiger charge is 2.45. The molecular weight excluding hydrogens is 405 g/mol. The van der Waals surface area contributed by atoms with Crippen molar-refractivity contribution >= 4 is 17.3 Å². The Hall–Kier alpha value is -2.70. The monoisotopic (exact) mass is 432 g/mol. The van der Waals surface area contributed by atoms with Crippen molar-refractivity contribution in [2.24, 2.45) is 5.92 Å². The summed E-state index contributed by atoms with van der Waals surface area (Å²) < 4.78 is 45.4. The minimum atomic E-state index is -2.62. The second-order valence-corrected chi connectivity index (χ2v) is 8.67. The van der Waals surface area contributed by atoms with Crippen LogP contribution >= 0.6 is 0 Å². The molecule has 0 radical (unpaired) electrons. The predicted octanol–water partition coefficient (Wildman–Crippen LogP) is 5.61. The molecule has 4 nitrogen and oxygen atoms in total. The van der Waals surface area contributed by atoms with E-state index in [4.69, 9.17) is 4.74 Å². The van der Waals surface area contributed by atoms with E-state index < -0.39 is 5.92 Å². The summed E-state index contributed by atoms with van der Waals surface area (Å²) in [4.78, 5) is 14.7. The third-order valence-corrected chi connectivity index (χ3v) is 6.06. The molecule has 166 valence electrons. The highest BCUT2D eigenvalue weighted by atomic mass is 19.3. The molecule has 1 saturated carbocycles. The summed E-state index contributed by atoms with van der Waals surface area (Å²) in [7, 11) is 0. The number of halogens is 3. The molecular formula is C24H27F3N2O2. The maximum absolute atomic E-state index is 13.3. The van der Waals surface area contributed by atoms with E-state index in [9.17, 15) is 18.0 Å². The lowest BCUT2D eigenvalue weighted by molar-refractivity contribution is -0.129. The van der Waals surface area contributed by atoms with Crippen molar-refractivity contribution in [1.82, 2.24) is 0 Å². The summed E-state index contributed by atoms with van der Waals surface area (Å²) in [5.74, 6) is -2.68. The number of hydrogen-bond acceptors (Lipinski definition) is 3. The number of nitrogens with one attached hydrogen (secondary N) is 1. The quantitative estimate of drug-likeness (QED) is 0.668. The summed E-state index contributed by atoms with van der Waals surface area (Å²) in [5, 5.41) is 2.92. The number of hydrogen-bond donors (Lipinski definition) is 1. The molecule has 0 saturated heterocycles. The van der Waals surface area contributed by atoms with Gasteiger partial charge < -0.3 is 15.0 Å². The third-order valence-electron chi connectivity index (χ3n) is 6.06. The molecule has 0 spiro atoms. The summed E-state index contributed by atoms with van der Waals surface area (Å²) in [6.45, 7) is 5.80. The maximum atomic E-state index is 13.3. The van der Waals surface area contributed by atoms with Gasteiger partial charge in [0.2, 0.25) is 11.8 Å². The van der Waals surface area contributed by atoms with Crippen molar-refractivity contribution in [3.05, 3.63) is 52.8 Å². The second kappa shape index (κ2) is 8.44. The summed E-state index contributed by atoms with van der Waals surface area (Å²) in [5.41, 5.74) is 4.33. The lowest BCUT2D eigenvalue weighted by atomic mass is 9.79. The van der Waals surface area contributed by atoms with E-state index >= 15 is 0 Å². The number of amides is 1. The van der Waals surface area contributed by atoms with Crippen LogP contribution in [0, 0.1) is 25.6 Å². The van der Waals surface area contributed by atoms with Crippen LogP contribution in [-0.2, 0) is 11.3 Å². The van der Waals surface area contributed by atoms with Crippen molar-refractivity contribution in [3.63, 3.8) is 0 Å². The first-order chi connectivity index (χ1) is 14.7. The zero-order chi connectivity index (χ0) is 22.2. The number of rotatable bonds is 5. The predicted molar refractivity (Wildman–Crippen MR) is 114 cm³/mol. The van der Waals surface area contributed by atoms with Crippen LogP contribution in [0.1, 0.15) is 42.4 Å². The highest BCUT2D eigenvalue weighted by Crippen LogP contribution is 2.45. The van der Waals surface area contributed by atoms with Gasteiger partial charge in [0.25, 0.3) is 0 Å². The lowest BCUT2D eigenvalue weighted by Gasteiger charge is -2.34. The molecule has 1 amide bonds. The largest absolute Gasteiger partial charge is 0.491 e. The highest BCUT2D eigenvalue weighted by molar-refractivity contribution is 5.94. The fourth-order valence-electron chi connectivity index (χ4n) is 4.46. The molecule has 0 aromatic heterocycles. The van der Waals surface area contributed by atoms with Gasteiger partial charge in [-0.15, -0.1) is 0 Å². The number of aryl methyl sites for hydroxylation is 1. The first-order valence-electron chi connectivity index (χ1n) is 10.7. The van der Waals surface area contributed by atoms with E-state index in [-0.39, 0.29) is 36.9 Å². The van der Waals surface area contributed by atoms with Crippen LogP contribution in [0.25, 0.3) is 0 Å². The summed E-state index contributed by atoms with van der Waals surface area (Å²) in [6.07, 6.45) is 0.503. The minimum Gasteiger partial charge on any atom is -0.491 e. The van der Waals surface area contributed by atoms with Gasteiger partial charge in [0.15, 0.2) is 0 Å². The number of anilines is 2. The molecule has 0 unspecified atom stereocenters. The fourth-order valence-corrected chi connectivity index (χ4v) is 4.46. The molecule has 0 atom stereocenters. The molecule has 2 aromatic carbocycles. The molecule has 1 N–H and O–H groups in total. The van der Waals surface area contributed by atoms with Gasteiger partial charge in [-0.2, -0.15) is 0 Å². The Morgan fingerprint density at radius 2 is 1.94 bits per heavy atom. The minimum absolute atomic E-state index is 0.100. The molecule has 2 aromatic rings. The van der Waals surface area contributed by atoms with Crippen LogP contribution in [-0.4, -0.2) is 25.0 Å². The van der Waals surface area contributed by atoms with Gasteiger partial charge in [-0.1, -0.05) is 12.1 Å². The topological polar surface area (TPSA) is 41.6 Å². The van der Waals surface area contributed by atoms with E-state index in [1.54, 1.807) is 12.1 Å². The standard InChI is InChI=1S/C24H27F3N2O2/c1-15-10-20-23(16(2)22(15)28-21(30)11-18-12-24(26,27)13-18)31-9-3-8-29(20)14-17-4-6-19(25)7-5-17/h4-7,10,18H,3,8-9,11-14H2,1-2H3,(H,28,30). The molecule has 4 rings (SSSR count). The number of ether oxygens (including phenoxy) is 1. The first kappa shape index (κ1) is 21.5. The van der Waals surface area contributed by atoms with Crippen LogP contribution in [0.4, 0.5) is 24.5 Å². The van der Waals surface area contributed by atoms with Crippen molar-refractivity contribution in [2.75, 3.05) is 23.4 Å². The Balaban J connectivity index is 1.54. The van der Waals surface area contributed by atoms with Crippen LogP contribution in [0.5, 0.6) is 5.75 Å². The number of benzene rings is 2. The second-order valence-electron chi connectivity index (χ2n) is 8.67. The zero-order valence-electron chi connectivity index (χ0n) is 17.8. The number of fused-ring (bicyclic) bond motifs is 1. The Morgan fingerprint density at radius 3 is 2.61 bits per heavy atom. The van der Waals surface area contributed by atoms with Gasteiger partial charge in [-0.05, 0) is 55.5 Å². The normalized spacial score (nSPS) is 17.9. The van der Waals surface area contributed by atoms with Crippen molar-refractivity contribution < 1.29 is 22.7 Å². The Bertz CT molecular complexity index is 968. The number of carbonyl (C=O) groups excluding carboxylic acids is 1. The number of carbonyl (C=O) groups is 1. The zero-order valence-corrected chi connectivity index (χ0v) is 17.8. The van der Waals surface area contributed by atoms with Crippen molar-refractivity contribution in [2.45, 2.75) is 52.0 Å². The Labute approximate surface area is 180 Å². The molecule has 1 heterocycles. The average molecular weight is 432 g/mol. The molecule has 1 fully saturated rings. The third kappa shape index (κ3) is 4.81. The van der Waals surface area contributed by atoms with E-state index in [1.165, 1.54) is 12.1 Å².